The summed E-state index contributed by atoms with van der Waals surface area (Å²) >= 11 is 0. The van der Waals surface area contributed by atoms with Gasteiger partial charge in [0.1, 0.15) is 6.17 Å². The molecule has 1 saturated heterocycles. The van der Waals surface area contributed by atoms with Crippen molar-refractivity contribution in [3.8, 4) is 0 Å². The maximum Gasteiger partial charge on any atom is 0.118 e. The Kier molecular flexibility index (Phi) is 3.80. The van der Waals surface area contributed by atoms with Crippen LogP contribution in [0.1, 0.15) is 51.4 Å². The zero-order valence-corrected chi connectivity index (χ0v) is 8.97. The summed E-state index contributed by atoms with van der Waals surface area (Å²) in [6.07, 6.45) is 9.03. The number of halogens is 1. The second-order valence-corrected chi connectivity index (χ2v) is 4.90. The van der Waals surface area contributed by atoms with E-state index in [1.54, 1.807) is 0 Å². The van der Waals surface area contributed by atoms with Gasteiger partial charge in [0.05, 0.1) is 0 Å². The molecule has 1 N–H and O–H groups in total. The van der Waals surface area contributed by atoms with E-state index in [0.717, 1.165) is 32.2 Å². The highest BCUT2D eigenvalue weighted by Crippen LogP contribution is 2.30. The van der Waals surface area contributed by atoms with Crippen molar-refractivity contribution in [3.05, 3.63) is 0 Å². The molecule has 2 fully saturated rings. The zero-order chi connectivity index (χ0) is 9.80. The minimum absolute atomic E-state index is 0.179. The lowest BCUT2D eigenvalue weighted by Gasteiger charge is -2.24. The molecule has 0 spiro atoms. The molecule has 2 aliphatic rings. The molecule has 0 aromatic heterocycles. The molecule has 2 unspecified atom stereocenters. The molecule has 1 saturated carbocycles. The molecule has 1 nitrogen and oxygen atoms in total. The Morgan fingerprint density at radius 2 is 1.64 bits per heavy atom. The molecule has 2 heteroatoms. The molecule has 0 aromatic rings. The molecule has 0 amide bonds. The van der Waals surface area contributed by atoms with E-state index < -0.39 is 6.17 Å². The Morgan fingerprint density at radius 3 is 2.21 bits per heavy atom. The first-order valence-corrected chi connectivity index (χ1v) is 6.25. The van der Waals surface area contributed by atoms with Crippen LogP contribution < -0.4 is 5.32 Å². The lowest BCUT2D eigenvalue weighted by molar-refractivity contribution is 0.165. The number of rotatable bonds is 2. The van der Waals surface area contributed by atoms with Crippen molar-refractivity contribution in [3.63, 3.8) is 0 Å². The lowest BCUT2D eigenvalue weighted by atomic mass is 9.90. The van der Waals surface area contributed by atoms with Gasteiger partial charge in [0.25, 0.3) is 0 Å². The van der Waals surface area contributed by atoms with E-state index >= 15 is 0 Å². The number of alkyl halides is 1. The minimum Gasteiger partial charge on any atom is -0.311 e. The summed E-state index contributed by atoms with van der Waals surface area (Å²) in [7, 11) is 0. The van der Waals surface area contributed by atoms with Crippen molar-refractivity contribution in [1.29, 1.82) is 0 Å². The Balaban J connectivity index is 1.84. The van der Waals surface area contributed by atoms with E-state index in [1.807, 2.05) is 0 Å². The average molecular weight is 199 g/mol. The predicted octanol–water partition coefficient (Wildman–Crippen LogP) is 3.05. The molecule has 1 aliphatic heterocycles. The highest BCUT2D eigenvalue weighted by atomic mass is 19.1. The van der Waals surface area contributed by atoms with Crippen LogP contribution in [0.15, 0.2) is 0 Å². The van der Waals surface area contributed by atoms with Gasteiger partial charge in [-0.05, 0) is 38.1 Å². The van der Waals surface area contributed by atoms with E-state index in [2.05, 4.69) is 5.32 Å². The third kappa shape index (κ3) is 2.47. The normalized spacial score (nSPS) is 32.8. The number of hydrogen-bond donors (Lipinski definition) is 1. The summed E-state index contributed by atoms with van der Waals surface area (Å²) < 4.78 is 14.1. The monoisotopic (exact) mass is 199 g/mol. The van der Waals surface area contributed by atoms with E-state index in [0.29, 0.717) is 5.92 Å². The Bertz CT molecular complexity index is 158. The zero-order valence-electron chi connectivity index (χ0n) is 8.97. The van der Waals surface area contributed by atoms with Crippen molar-refractivity contribution < 1.29 is 4.39 Å². The van der Waals surface area contributed by atoms with Crippen molar-refractivity contribution in [2.45, 2.75) is 63.6 Å². The van der Waals surface area contributed by atoms with Gasteiger partial charge in [-0.2, -0.15) is 0 Å². The smallest absolute Gasteiger partial charge is 0.118 e. The van der Waals surface area contributed by atoms with Crippen LogP contribution in [-0.2, 0) is 0 Å². The van der Waals surface area contributed by atoms with E-state index in [9.17, 15) is 4.39 Å². The molecular weight excluding hydrogens is 177 g/mol. The van der Waals surface area contributed by atoms with Crippen LogP contribution >= 0.6 is 0 Å². The lowest BCUT2D eigenvalue weighted by Crippen LogP contribution is -2.36. The molecule has 0 radical (unpaired) electrons. The summed E-state index contributed by atoms with van der Waals surface area (Å²) in [6, 6.07) is 0.179. The first-order chi connectivity index (χ1) is 6.88. The minimum atomic E-state index is -0.574. The van der Waals surface area contributed by atoms with Gasteiger partial charge in [0.15, 0.2) is 0 Å². The van der Waals surface area contributed by atoms with Gasteiger partial charge >= 0.3 is 0 Å². The fourth-order valence-electron chi connectivity index (χ4n) is 2.94. The summed E-state index contributed by atoms with van der Waals surface area (Å²) in [6.45, 7) is 1.03. The van der Waals surface area contributed by atoms with Crippen LogP contribution in [0.2, 0.25) is 0 Å². The first kappa shape index (κ1) is 10.4. The third-order valence-electron chi connectivity index (χ3n) is 3.83. The molecule has 2 atom stereocenters. The average Bonchev–Trinajstić information content (AvgIpc) is 2.59. The predicted molar refractivity (Wildman–Crippen MR) is 57.1 cm³/mol. The first-order valence-electron chi connectivity index (χ1n) is 6.25. The Hall–Kier alpha value is -0.110. The molecule has 1 heterocycles. The van der Waals surface area contributed by atoms with Crippen LogP contribution in [0.25, 0.3) is 0 Å². The fraction of sp³-hybridized carbons (Fsp3) is 1.00. The van der Waals surface area contributed by atoms with Gasteiger partial charge in [0, 0.05) is 6.04 Å². The maximum absolute atomic E-state index is 14.1. The van der Waals surface area contributed by atoms with E-state index in [4.69, 9.17) is 0 Å². The summed E-state index contributed by atoms with van der Waals surface area (Å²) in [5.41, 5.74) is 0. The van der Waals surface area contributed by atoms with E-state index in [-0.39, 0.29) is 6.04 Å². The molecule has 1 aliphatic carbocycles. The number of nitrogens with one attached hydrogen (secondary N) is 1. The molecule has 0 bridgehead atoms. The van der Waals surface area contributed by atoms with Crippen molar-refractivity contribution in [2.24, 2.45) is 5.92 Å². The van der Waals surface area contributed by atoms with Crippen LogP contribution in [0.4, 0.5) is 4.39 Å². The standard InChI is InChI=1S/C12H22FN/c13-12(11-8-5-9-14-11)10-6-3-1-2-4-7-10/h10-12,14H,1-9H2. The SMILES string of the molecule is FC(C1CCCCCC1)C1CCCN1. The number of hydrogen-bond acceptors (Lipinski definition) is 1. The van der Waals surface area contributed by atoms with Gasteiger partial charge in [-0.25, -0.2) is 4.39 Å². The Morgan fingerprint density at radius 1 is 0.929 bits per heavy atom. The fourth-order valence-corrected chi connectivity index (χ4v) is 2.94. The molecule has 82 valence electrons. The second-order valence-electron chi connectivity index (χ2n) is 4.90. The highest BCUT2D eigenvalue weighted by Gasteiger charge is 2.31. The van der Waals surface area contributed by atoms with Crippen molar-refractivity contribution in [2.75, 3.05) is 6.54 Å². The van der Waals surface area contributed by atoms with Gasteiger partial charge in [-0.15, -0.1) is 0 Å². The molecular formula is C12H22FN. The topological polar surface area (TPSA) is 12.0 Å². The maximum atomic E-state index is 14.1. The third-order valence-corrected chi connectivity index (χ3v) is 3.83. The molecule has 2 rings (SSSR count). The Labute approximate surface area is 86.5 Å². The van der Waals surface area contributed by atoms with Crippen LogP contribution in [0.3, 0.4) is 0 Å². The summed E-state index contributed by atoms with van der Waals surface area (Å²) in [5, 5.41) is 3.30. The second kappa shape index (κ2) is 5.11. The van der Waals surface area contributed by atoms with Crippen molar-refractivity contribution >= 4 is 0 Å². The van der Waals surface area contributed by atoms with Gasteiger partial charge in [0.2, 0.25) is 0 Å². The largest absolute Gasteiger partial charge is 0.311 e. The van der Waals surface area contributed by atoms with E-state index in [1.165, 1.54) is 25.7 Å². The summed E-state index contributed by atoms with van der Waals surface area (Å²) in [5.74, 6) is 0.355. The van der Waals surface area contributed by atoms with Gasteiger partial charge < -0.3 is 5.32 Å². The van der Waals surface area contributed by atoms with Crippen LogP contribution in [0.5, 0.6) is 0 Å². The highest BCUT2D eigenvalue weighted by molar-refractivity contribution is 4.86. The quantitative estimate of drug-likeness (QED) is 0.674. The summed E-state index contributed by atoms with van der Waals surface area (Å²) in [4.78, 5) is 0. The van der Waals surface area contributed by atoms with Crippen LogP contribution in [-0.4, -0.2) is 18.8 Å². The van der Waals surface area contributed by atoms with Crippen molar-refractivity contribution in [1.82, 2.24) is 5.32 Å². The molecule has 14 heavy (non-hydrogen) atoms. The van der Waals surface area contributed by atoms with Crippen LogP contribution in [0, 0.1) is 5.92 Å². The van der Waals surface area contributed by atoms with Gasteiger partial charge in [-0.1, -0.05) is 25.7 Å². The molecule has 0 aromatic carbocycles. The van der Waals surface area contributed by atoms with Gasteiger partial charge in [-0.3, -0.25) is 0 Å².